The maximum absolute atomic E-state index is 11.4. The van der Waals surface area contributed by atoms with Gasteiger partial charge in [-0.05, 0) is 20.8 Å². The van der Waals surface area contributed by atoms with Crippen LogP contribution in [0.4, 0.5) is 4.79 Å². The summed E-state index contributed by atoms with van der Waals surface area (Å²) in [5.41, 5.74) is 7.64. The molecule has 1 aliphatic rings. The molecule has 1 rings (SSSR count). The SMILES string of the molecule is CC(C)(C)OC(=O)NN1CC(O)CC1N. The van der Waals surface area contributed by atoms with E-state index in [0.717, 1.165) is 0 Å². The minimum atomic E-state index is -0.549. The molecule has 2 unspecified atom stereocenters. The van der Waals surface area contributed by atoms with Crippen molar-refractivity contribution in [2.45, 2.75) is 45.1 Å². The molecule has 0 aromatic carbocycles. The van der Waals surface area contributed by atoms with Crippen LogP contribution in [0.15, 0.2) is 0 Å². The van der Waals surface area contributed by atoms with Crippen molar-refractivity contribution in [1.82, 2.24) is 10.4 Å². The lowest BCUT2D eigenvalue weighted by Gasteiger charge is -2.25. The highest BCUT2D eigenvalue weighted by molar-refractivity contribution is 5.67. The molecule has 0 aliphatic carbocycles. The number of carbonyl (C=O) groups excluding carboxylic acids is 1. The highest BCUT2D eigenvalue weighted by Crippen LogP contribution is 2.12. The van der Waals surface area contributed by atoms with Crippen LogP contribution in [-0.2, 0) is 4.74 Å². The number of nitrogens with two attached hydrogens (primary N) is 1. The lowest BCUT2D eigenvalue weighted by atomic mass is 10.2. The minimum absolute atomic E-state index is 0.334. The quantitative estimate of drug-likeness (QED) is 0.565. The number of nitrogens with one attached hydrogen (secondary N) is 1. The van der Waals surface area contributed by atoms with Crippen molar-refractivity contribution in [3.8, 4) is 0 Å². The van der Waals surface area contributed by atoms with Crippen molar-refractivity contribution in [1.29, 1.82) is 0 Å². The summed E-state index contributed by atoms with van der Waals surface area (Å²) in [6.45, 7) is 5.68. The second-order valence-electron chi connectivity index (χ2n) is 4.72. The van der Waals surface area contributed by atoms with Gasteiger partial charge in [-0.25, -0.2) is 4.79 Å². The second kappa shape index (κ2) is 4.34. The van der Waals surface area contributed by atoms with Gasteiger partial charge >= 0.3 is 6.09 Å². The second-order valence-corrected chi connectivity index (χ2v) is 4.72. The van der Waals surface area contributed by atoms with Crippen molar-refractivity contribution in [2.24, 2.45) is 5.73 Å². The van der Waals surface area contributed by atoms with Gasteiger partial charge in [-0.15, -0.1) is 0 Å². The summed E-state index contributed by atoms with van der Waals surface area (Å²) in [4.78, 5) is 11.4. The lowest BCUT2D eigenvalue weighted by Crippen LogP contribution is -2.50. The highest BCUT2D eigenvalue weighted by atomic mass is 16.6. The molecule has 6 nitrogen and oxygen atoms in total. The van der Waals surface area contributed by atoms with Crippen LogP contribution in [0.1, 0.15) is 27.2 Å². The predicted molar refractivity (Wildman–Crippen MR) is 54.7 cm³/mol. The monoisotopic (exact) mass is 217 g/mol. The molecule has 0 spiro atoms. The van der Waals surface area contributed by atoms with Gasteiger partial charge in [0.15, 0.2) is 0 Å². The Hall–Kier alpha value is -0.850. The zero-order chi connectivity index (χ0) is 11.6. The third-order valence-corrected chi connectivity index (χ3v) is 1.96. The molecule has 0 radical (unpaired) electrons. The highest BCUT2D eigenvalue weighted by Gasteiger charge is 2.30. The van der Waals surface area contributed by atoms with Crippen LogP contribution < -0.4 is 11.2 Å². The number of nitrogens with zero attached hydrogens (tertiary/aromatic N) is 1. The van der Waals surface area contributed by atoms with Crippen LogP contribution >= 0.6 is 0 Å². The number of amides is 1. The topological polar surface area (TPSA) is 87.8 Å². The molecule has 0 aromatic heterocycles. The van der Waals surface area contributed by atoms with E-state index >= 15 is 0 Å². The fourth-order valence-corrected chi connectivity index (χ4v) is 1.39. The fraction of sp³-hybridized carbons (Fsp3) is 0.889. The van der Waals surface area contributed by atoms with Gasteiger partial charge in [0.25, 0.3) is 0 Å². The third-order valence-electron chi connectivity index (χ3n) is 1.96. The molecule has 0 aromatic rings. The number of carbonyl (C=O) groups is 1. The van der Waals surface area contributed by atoms with E-state index in [0.29, 0.717) is 13.0 Å². The Morgan fingerprint density at radius 3 is 2.60 bits per heavy atom. The van der Waals surface area contributed by atoms with Gasteiger partial charge in [0.2, 0.25) is 0 Å². The first kappa shape index (κ1) is 12.2. The molecule has 4 N–H and O–H groups in total. The normalized spacial score (nSPS) is 27.8. The molecule has 0 saturated carbocycles. The van der Waals surface area contributed by atoms with Crippen molar-refractivity contribution in [2.75, 3.05) is 6.54 Å². The number of hydrogen-bond acceptors (Lipinski definition) is 5. The Morgan fingerprint density at radius 2 is 2.20 bits per heavy atom. The number of β-amino-alcohol motifs (C(OH)–C–C–N with tert-alkyl or cyclic N) is 1. The maximum atomic E-state index is 11.4. The lowest BCUT2D eigenvalue weighted by molar-refractivity contribution is 0.0296. The fourth-order valence-electron chi connectivity index (χ4n) is 1.39. The number of aliphatic hydroxyl groups is 1. The Kier molecular flexibility index (Phi) is 3.54. The molecule has 1 aliphatic heterocycles. The maximum Gasteiger partial charge on any atom is 0.422 e. The molecule has 88 valence electrons. The summed E-state index contributed by atoms with van der Waals surface area (Å²) >= 11 is 0. The van der Waals surface area contributed by atoms with Gasteiger partial charge in [-0.3, -0.25) is 5.43 Å². The van der Waals surface area contributed by atoms with E-state index in [4.69, 9.17) is 10.5 Å². The van der Waals surface area contributed by atoms with Crippen LogP contribution in [0.2, 0.25) is 0 Å². The third kappa shape index (κ3) is 4.03. The Balaban J connectivity index is 2.39. The van der Waals surface area contributed by atoms with E-state index in [1.54, 1.807) is 20.8 Å². The van der Waals surface area contributed by atoms with Crippen LogP contribution in [-0.4, -0.2) is 40.6 Å². The average molecular weight is 217 g/mol. The molecule has 1 amide bonds. The number of ether oxygens (including phenoxy) is 1. The molecule has 0 bridgehead atoms. The average Bonchev–Trinajstić information content (AvgIpc) is 2.25. The number of aliphatic hydroxyl groups excluding tert-OH is 1. The van der Waals surface area contributed by atoms with E-state index in [1.165, 1.54) is 5.01 Å². The zero-order valence-corrected chi connectivity index (χ0v) is 9.36. The molecule has 2 atom stereocenters. The summed E-state index contributed by atoms with van der Waals surface area (Å²) in [7, 11) is 0. The molecule has 6 heteroatoms. The van der Waals surface area contributed by atoms with Gasteiger partial charge in [0, 0.05) is 13.0 Å². The zero-order valence-electron chi connectivity index (χ0n) is 9.36. The molecule has 1 heterocycles. The summed E-state index contributed by atoms with van der Waals surface area (Å²) in [5.74, 6) is 0. The Bertz CT molecular complexity index is 239. The van der Waals surface area contributed by atoms with Crippen LogP contribution in [0.25, 0.3) is 0 Å². The van der Waals surface area contributed by atoms with Gasteiger partial charge in [0.05, 0.1) is 12.3 Å². The summed E-state index contributed by atoms with van der Waals surface area (Å²) < 4.78 is 5.05. The summed E-state index contributed by atoms with van der Waals surface area (Å²) in [6, 6.07) is 0. The van der Waals surface area contributed by atoms with Gasteiger partial charge in [0.1, 0.15) is 5.60 Å². The summed E-state index contributed by atoms with van der Waals surface area (Å²) in [5, 5.41) is 10.8. The number of rotatable bonds is 1. The van der Waals surface area contributed by atoms with Crippen molar-refractivity contribution in [3.63, 3.8) is 0 Å². The van der Waals surface area contributed by atoms with E-state index < -0.39 is 17.8 Å². The predicted octanol–water partition coefficient (Wildman–Crippen LogP) is -0.222. The minimum Gasteiger partial charge on any atom is -0.443 e. The van der Waals surface area contributed by atoms with Crippen LogP contribution in [0.3, 0.4) is 0 Å². The first-order valence-electron chi connectivity index (χ1n) is 4.98. The van der Waals surface area contributed by atoms with Crippen LogP contribution in [0.5, 0.6) is 0 Å². The molecule has 15 heavy (non-hydrogen) atoms. The van der Waals surface area contributed by atoms with Gasteiger partial charge in [-0.2, -0.15) is 5.01 Å². The van der Waals surface area contributed by atoms with Crippen LogP contribution in [0, 0.1) is 0 Å². The summed E-state index contributed by atoms with van der Waals surface area (Å²) in [6.07, 6.45) is -0.940. The Morgan fingerprint density at radius 1 is 1.60 bits per heavy atom. The standard InChI is InChI=1S/C9H19N3O3/c1-9(2,3)15-8(14)11-12-5-6(13)4-7(12)10/h6-7,13H,4-5,10H2,1-3H3,(H,11,14). The van der Waals surface area contributed by atoms with E-state index in [9.17, 15) is 9.90 Å². The number of hydrazine groups is 1. The molecular formula is C9H19N3O3. The van der Waals surface area contributed by atoms with Crippen molar-refractivity contribution >= 4 is 6.09 Å². The molecule has 1 saturated heterocycles. The molecule has 1 fully saturated rings. The molecular weight excluding hydrogens is 198 g/mol. The van der Waals surface area contributed by atoms with Crippen molar-refractivity contribution in [3.05, 3.63) is 0 Å². The van der Waals surface area contributed by atoms with E-state index in [-0.39, 0.29) is 6.17 Å². The Labute approximate surface area is 89.3 Å². The van der Waals surface area contributed by atoms with E-state index in [2.05, 4.69) is 5.43 Å². The van der Waals surface area contributed by atoms with Crippen molar-refractivity contribution < 1.29 is 14.6 Å². The van der Waals surface area contributed by atoms with Gasteiger partial charge in [-0.1, -0.05) is 0 Å². The van der Waals surface area contributed by atoms with Gasteiger partial charge < -0.3 is 15.6 Å². The largest absolute Gasteiger partial charge is 0.443 e. The first-order valence-corrected chi connectivity index (χ1v) is 4.98. The van der Waals surface area contributed by atoms with E-state index in [1.807, 2.05) is 0 Å². The number of hydrogen-bond donors (Lipinski definition) is 3. The smallest absolute Gasteiger partial charge is 0.422 e. The first-order chi connectivity index (χ1) is 6.78.